The van der Waals surface area contributed by atoms with Crippen molar-refractivity contribution in [2.75, 3.05) is 0 Å². The van der Waals surface area contributed by atoms with E-state index in [0.29, 0.717) is 16.9 Å². The average molecular weight is 772 g/mol. The van der Waals surface area contributed by atoms with E-state index < -0.39 is 11.7 Å². The van der Waals surface area contributed by atoms with E-state index in [0.717, 1.165) is 77.5 Å². The molecule has 0 saturated heterocycles. The summed E-state index contributed by atoms with van der Waals surface area (Å²) in [6.07, 6.45) is -4.64. The predicted molar refractivity (Wildman–Crippen MR) is 237 cm³/mol. The van der Waals surface area contributed by atoms with Crippen LogP contribution in [0.2, 0.25) is 0 Å². The van der Waals surface area contributed by atoms with Gasteiger partial charge < -0.3 is 9.13 Å². The first-order chi connectivity index (χ1) is 28.6. The van der Waals surface area contributed by atoms with Gasteiger partial charge in [0.1, 0.15) is 0 Å². The van der Waals surface area contributed by atoms with Gasteiger partial charge in [-0.25, -0.2) is 4.85 Å². The van der Waals surface area contributed by atoms with E-state index in [1.54, 1.807) is 19.1 Å². The molecule has 0 spiro atoms. The van der Waals surface area contributed by atoms with E-state index in [-0.39, 0.29) is 16.8 Å². The molecule has 0 radical (unpaired) electrons. The molecule has 6 heteroatoms. The minimum Gasteiger partial charge on any atom is -0.308 e. The molecule has 0 bridgehead atoms. The monoisotopic (exact) mass is 771 g/mol. The maximum Gasteiger partial charge on any atom is 0.416 e. The lowest BCUT2D eigenvalue weighted by atomic mass is 9.92. The van der Waals surface area contributed by atoms with E-state index in [1.807, 2.05) is 54.6 Å². The molecule has 0 aliphatic heterocycles. The van der Waals surface area contributed by atoms with Crippen LogP contribution in [0.5, 0.6) is 0 Å². The largest absolute Gasteiger partial charge is 0.416 e. The zero-order valence-electron chi connectivity index (χ0n) is 32.6. The standard InChI is InChI=1S/C53H36F3N3/c1-32-14-5-7-17-37(32)35-24-26-48-41(28-35)39-19-9-11-22-46(39)58(48)50-30-43(52-34(3)16-13-21-44(52)53(54,55)56)45(57-4)31-51(50)59-47-23-12-10-20-40(47)42-29-36(25-27-49(42)59)38-18-8-6-15-33(38)2/h5-31H,1-3H3. The maximum absolute atomic E-state index is 14.9. The van der Waals surface area contributed by atoms with E-state index in [9.17, 15) is 13.2 Å². The van der Waals surface area contributed by atoms with Gasteiger partial charge >= 0.3 is 6.18 Å². The maximum atomic E-state index is 14.9. The Morgan fingerprint density at radius 2 is 0.898 bits per heavy atom. The molecule has 0 atom stereocenters. The lowest BCUT2D eigenvalue weighted by Gasteiger charge is -2.22. The Hall–Kier alpha value is -7.36. The first-order valence-electron chi connectivity index (χ1n) is 19.5. The van der Waals surface area contributed by atoms with Crippen molar-refractivity contribution in [3.8, 4) is 44.8 Å². The van der Waals surface area contributed by atoms with Gasteiger partial charge in [0.25, 0.3) is 0 Å². The third-order valence-electron chi connectivity index (χ3n) is 11.8. The highest BCUT2D eigenvalue weighted by Crippen LogP contribution is 2.47. The van der Waals surface area contributed by atoms with Crippen LogP contribution in [0.15, 0.2) is 164 Å². The molecule has 10 aromatic rings. The summed E-state index contributed by atoms with van der Waals surface area (Å²) in [5.41, 5.74) is 11.8. The molecule has 0 unspecified atom stereocenters. The minimum absolute atomic E-state index is 0.00602. The van der Waals surface area contributed by atoms with Crippen LogP contribution in [0.4, 0.5) is 18.9 Å². The molecule has 0 fully saturated rings. The summed E-state index contributed by atoms with van der Waals surface area (Å²) in [6.45, 7) is 14.4. The SMILES string of the molecule is [C-]#[N+]c1cc(-n2c3ccccc3c3cc(-c4ccccc4C)ccc32)c(-n2c3ccccc3c3cc(-c4ccccc4C)ccc32)cc1-c1c(C)cccc1C(F)(F)F. The second kappa shape index (κ2) is 13.6. The number of benzene rings is 8. The van der Waals surface area contributed by atoms with Crippen LogP contribution < -0.4 is 0 Å². The number of aromatic nitrogens is 2. The second-order valence-corrected chi connectivity index (χ2v) is 15.3. The highest BCUT2D eigenvalue weighted by atomic mass is 19.4. The molecule has 0 N–H and O–H groups in total. The zero-order valence-corrected chi connectivity index (χ0v) is 32.6. The molecule has 10 rings (SSSR count). The minimum atomic E-state index is -4.64. The summed E-state index contributed by atoms with van der Waals surface area (Å²) in [5.74, 6) is 0. The number of hydrogen-bond acceptors (Lipinski definition) is 0. The summed E-state index contributed by atoms with van der Waals surface area (Å²) in [7, 11) is 0. The normalized spacial score (nSPS) is 11.9. The first kappa shape index (κ1) is 36.0. The van der Waals surface area contributed by atoms with E-state index in [4.69, 9.17) is 6.57 Å². The fourth-order valence-electron chi connectivity index (χ4n) is 9.07. The van der Waals surface area contributed by atoms with Crippen LogP contribution in [0.3, 0.4) is 0 Å². The van der Waals surface area contributed by atoms with Gasteiger partial charge in [-0.15, -0.1) is 0 Å². The van der Waals surface area contributed by atoms with Crippen LogP contribution in [0, 0.1) is 27.3 Å². The van der Waals surface area contributed by atoms with Gasteiger partial charge in [0, 0.05) is 21.5 Å². The van der Waals surface area contributed by atoms with Gasteiger partial charge in [-0.1, -0.05) is 109 Å². The van der Waals surface area contributed by atoms with E-state index >= 15 is 0 Å². The second-order valence-electron chi connectivity index (χ2n) is 15.3. The topological polar surface area (TPSA) is 14.2 Å². The van der Waals surface area contributed by atoms with Crippen LogP contribution in [0.25, 0.3) is 93.2 Å². The zero-order chi connectivity index (χ0) is 40.6. The predicted octanol–water partition coefficient (Wildman–Crippen LogP) is 15.4. The quantitative estimate of drug-likeness (QED) is 0.155. The summed E-state index contributed by atoms with van der Waals surface area (Å²) in [4.78, 5) is 3.97. The van der Waals surface area contributed by atoms with Gasteiger partial charge in [0.05, 0.1) is 45.6 Å². The molecule has 0 aliphatic carbocycles. The summed E-state index contributed by atoms with van der Waals surface area (Å²) in [5, 5.41) is 4.08. The number of para-hydroxylation sites is 2. The van der Waals surface area contributed by atoms with Crippen molar-refractivity contribution in [3.63, 3.8) is 0 Å². The molecule has 0 aliphatic rings. The fourth-order valence-corrected chi connectivity index (χ4v) is 9.07. The number of aryl methyl sites for hydroxylation is 3. The Morgan fingerprint density at radius 1 is 0.441 bits per heavy atom. The Labute approximate surface area is 339 Å². The Morgan fingerprint density at radius 3 is 1.41 bits per heavy atom. The van der Waals surface area contributed by atoms with Gasteiger partial charge in [-0.2, -0.15) is 13.2 Å². The molecular weight excluding hydrogens is 736 g/mol. The number of hydrogen-bond donors (Lipinski definition) is 0. The summed E-state index contributed by atoms with van der Waals surface area (Å²) < 4.78 is 49.0. The van der Waals surface area contributed by atoms with Crippen molar-refractivity contribution in [2.45, 2.75) is 26.9 Å². The number of alkyl halides is 3. The van der Waals surface area contributed by atoms with Crippen LogP contribution in [-0.2, 0) is 6.18 Å². The third kappa shape index (κ3) is 5.73. The molecule has 0 saturated carbocycles. The van der Waals surface area contributed by atoms with Gasteiger partial charge in [0.2, 0.25) is 0 Å². The van der Waals surface area contributed by atoms with E-state index in [2.05, 4.69) is 113 Å². The van der Waals surface area contributed by atoms with Crippen molar-refractivity contribution in [2.24, 2.45) is 0 Å². The van der Waals surface area contributed by atoms with Gasteiger partial charge in [0.15, 0.2) is 5.69 Å². The van der Waals surface area contributed by atoms with Gasteiger partial charge in [-0.05, 0) is 125 Å². The Kier molecular flexibility index (Phi) is 8.33. The smallest absolute Gasteiger partial charge is 0.308 e. The third-order valence-corrected chi connectivity index (χ3v) is 11.8. The molecule has 0 amide bonds. The Bertz CT molecular complexity index is 3370. The summed E-state index contributed by atoms with van der Waals surface area (Å²) in [6, 6.07) is 53.7. The number of nitrogens with zero attached hydrogens (tertiary/aromatic N) is 3. The fraction of sp³-hybridized carbons (Fsp3) is 0.0755. The lowest BCUT2D eigenvalue weighted by Crippen LogP contribution is -2.09. The molecular formula is C53H36F3N3. The van der Waals surface area contributed by atoms with Crippen molar-refractivity contribution in [3.05, 3.63) is 197 Å². The molecule has 284 valence electrons. The average Bonchev–Trinajstić information content (AvgIpc) is 3.75. The highest BCUT2D eigenvalue weighted by Gasteiger charge is 2.35. The molecule has 2 aromatic heterocycles. The molecule has 3 nitrogen and oxygen atoms in total. The first-order valence-corrected chi connectivity index (χ1v) is 19.5. The number of halogens is 3. The molecule has 8 aromatic carbocycles. The number of rotatable bonds is 5. The van der Waals surface area contributed by atoms with Crippen molar-refractivity contribution < 1.29 is 13.2 Å². The van der Waals surface area contributed by atoms with Crippen LogP contribution >= 0.6 is 0 Å². The molecule has 2 heterocycles. The van der Waals surface area contributed by atoms with Crippen LogP contribution in [-0.4, -0.2) is 9.13 Å². The Balaban J connectivity index is 1.35. The lowest BCUT2D eigenvalue weighted by molar-refractivity contribution is -0.137. The number of fused-ring (bicyclic) bond motifs is 6. The van der Waals surface area contributed by atoms with E-state index in [1.165, 1.54) is 11.6 Å². The van der Waals surface area contributed by atoms with Crippen molar-refractivity contribution in [1.82, 2.24) is 9.13 Å². The van der Waals surface area contributed by atoms with Crippen molar-refractivity contribution >= 4 is 49.3 Å². The summed E-state index contributed by atoms with van der Waals surface area (Å²) >= 11 is 0. The van der Waals surface area contributed by atoms with Crippen molar-refractivity contribution in [1.29, 1.82) is 0 Å². The molecule has 59 heavy (non-hydrogen) atoms. The highest BCUT2D eigenvalue weighted by molar-refractivity contribution is 6.13. The van der Waals surface area contributed by atoms with Gasteiger partial charge in [-0.3, -0.25) is 0 Å². The van der Waals surface area contributed by atoms with Crippen LogP contribution in [0.1, 0.15) is 22.3 Å².